The van der Waals surface area contributed by atoms with Crippen molar-refractivity contribution in [2.24, 2.45) is 0 Å². The van der Waals surface area contributed by atoms with E-state index in [1.807, 2.05) is 19.1 Å². The van der Waals surface area contributed by atoms with Crippen molar-refractivity contribution in [3.63, 3.8) is 0 Å². The maximum absolute atomic E-state index is 5.66. The Morgan fingerprint density at radius 1 is 1.07 bits per heavy atom. The monoisotopic (exact) mass is 391 g/mol. The second-order valence-electron chi connectivity index (χ2n) is 7.77. The number of hydrogen-bond donors (Lipinski definition) is 1. The Morgan fingerprint density at radius 3 is 2.72 bits per heavy atom. The van der Waals surface area contributed by atoms with E-state index in [2.05, 4.69) is 31.4 Å². The lowest BCUT2D eigenvalue weighted by Gasteiger charge is -2.26. The number of pyridine rings is 1. The van der Waals surface area contributed by atoms with Gasteiger partial charge in [0.15, 0.2) is 0 Å². The Morgan fingerprint density at radius 2 is 1.90 bits per heavy atom. The van der Waals surface area contributed by atoms with Gasteiger partial charge in [-0.3, -0.25) is 4.98 Å². The van der Waals surface area contributed by atoms with Crippen LogP contribution in [0.2, 0.25) is 0 Å². The van der Waals surface area contributed by atoms with Crippen LogP contribution in [0, 0.1) is 6.92 Å². The van der Waals surface area contributed by atoms with E-state index in [-0.39, 0.29) is 6.04 Å². The van der Waals surface area contributed by atoms with Gasteiger partial charge in [-0.25, -0.2) is 9.97 Å². The average molecular weight is 391 g/mol. The first-order valence-corrected chi connectivity index (χ1v) is 10.3. The highest BCUT2D eigenvalue weighted by Gasteiger charge is 2.32. The third-order valence-corrected chi connectivity index (χ3v) is 5.81. The van der Waals surface area contributed by atoms with Crippen LogP contribution in [0.25, 0.3) is 11.4 Å². The molecule has 8 heteroatoms. The number of aromatic nitrogens is 5. The Bertz CT molecular complexity index is 968. The molecule has 5 heterocycles. The van der Waals surface area contributed by atoms with Crippen molar-refractivity contribution in [1.29, 1.82) is 0 Å². The first-order chi connectivity index (χ1) is 14.3. The van der Waals surface area contributed by atoms with Gasteiger partial charge in [-0.2, -0.15) is 4.98 Å². The van der Waals surface area contributed by atoms with Crippen LogP contribution in [0.15, 0.2) is 35.1 Å². The maximum Gasteiger partial charge on any atom is 0.249 e. The molecule has 2 aliphatic rings. The molecule has 1 atom stereocenters. The maximum atomic E-state index is 5.66. The van der Waals surface area contributed by atoms with Gasteiger partial charge >= 0.3 is 0 Å². The van der Waals surface area contributed by atoms with Crippen molar-refractivity contribution in [3.8, 4) is 11.4 Å². The fraction of sp³-hybridized carbons (Fsp3) is 0.476. The minimum atomic E-state index is 0.0493. The third-order valence-electron chi connectivity index (χ3n) is 5.81. The molecule has 150 valence electrons. The fourth-order valence-electron chi connectivity index (χ4n) is 4.33. The Kier molecular flexibility index (Phi) is 4.93. The summed E-state index contributed by atoms with van der Waals surface area (Å²) >= 11 is 0. The zero-order valence-corrected chi connectivity index (χ0v) is 16.6. The molecule has 8 nitrogen and oxygen atoms in total. The summed E-state index contributed by atoms with van der Waals surface area (Å²) in [6, 6.07) is 6.00. The van der Waals surface area contributed by atoms with Crippen LogP contribution in [0.3, 0.4) is 0 Å². The number of nitrogens with one attached hydrogen (secondary N) is 1. The van der Waals surface area contributed by atoms with Crippen molar-refractivity contribution in [1.82, 2.24) is 30.4 Å². The minimum Gasteiger partial charge on any atom is -0.344 e. The third kappa shape index (κ3) is 3.72. The molecule has 0 radical (unpaired) electrons. The number of hydrogen-bond acceptors (Lipinski definition) is 8. The van der Waals surface area contributed by atoms with Crippen LogP contribution in [-0.4, -0.2) is 44.7 Å². The van der Waals surface area contributed by atoms with Crippen molar-refractivity contribution in [2.45, 2.75) is 44.6 Å². The van der Waals surface area contributed by atoms with E-state index >= 15 is 0 Å². The molecule has 0 bridgehead atoms. The average Bonchev–Trinajstić information content (AvgIpc) is 3.44. The van der Waals surface area contributed by atoms with Gasteiger partial charge in [0.05, 0.1) is 0 Å². The van der Waals surface area contributed by atoms with Gasteiger partial charge in [-0.15, -0.1) is 0 Å². The molecule has 1 N–H and O–H groups in total. The van der Waals surface area contributed by atoms with Gasteiger partial charge < -0.3 is 14.7 Å². The Hall–Kier alpha value is -2.87. The normalized spacial score (nSPS) is 20.3. The minimum absolute atomic E-state index is 0.0493. The summed E-state index contributed by atoms with van der Waals surface area (Å²) in [5.74, 6) is 3.54. The predicted octanol–water partition coefficient (Wildman–Crippen LogP) is 3.04. The van der Waals surface area contributed by atoms with E-state index in [0.29, 0.717) is 17.6 Å². The van der Waals surface area contributed by atoms with E-state index in [9.17, 15) is 0 Å². The zero-order chi connectivity index (χ0) is 19.6. The zero-order valence-electron chi connectivity index (χ0n) is 16.6. The lowest BCUT2D eigenvalue weighted by molar-refractivity contribution is 0.354. The van der Waals surface area contributed by atoms with Gasteiger partial charge in [0.25, 0.3) is 0 Å². The molecule has 3 aromatic rings. The van der Waals surface area contributed by atoms with Gasteiger partial charge in [0, 0.05) is 42.2 Å². The van der Waals surface area contributed by atoms with Crippen molar-refractivity contribution in [2.75, 3.05) is 24.5 Å². The highest BCUT2D eigenvalue weighted by Crippen LogP contribution is 2.36. The first kappa shape index (κ1) is 18.2. The summed E-state index contributed by atoms with van der Waals surface area (Å²) in [6.45, 7) is 5.01. The molecule has 0 unspecified atom stereocenters. The fourth-order valence-corrected chi connectivity index (χ4v) is 4.33. The van der Waals surface area contributed by atoms with E-state index in [1.165, 1.54) is 0 Å². The summed E-state index contributed by atoms with van der Waals surface area (Å²) in [5.41, 5.74) is 2.06. The first-order valence-electron chi connectivity index (χ1n) is 10.3. The van der Waals surface area contributed by atoms with Gasteiger partial charge in [-0.1, -0.05) is 5.16 Å². The van der Waals surface area contributed by atoms with Gasteiger partial charge in [0.2, 0.25) is 11.7 Å². The Balaban J connectivity index is 1.42. The van der Waals surface area contributed by atoms with Crippen LogP contribution in [0.4, 0.5) is 5.82 Å². The number of aryl methyl sites for hydroxylation is 1. The molecule has 0 aliphatic carbocycles. The molecule has 5 rings (SSSR count). The number of piperidine rings is 1. The van der Waals surface area contributed by atoms with E-state index < -0.39 is 0 Å². The van der Waals surface area contributed by atoms with Crippen molar-refractivity contribution in [3.05, 3.63) is 48.0 Å². The van der Waals surface area contributed by atoms with Crippen molar-refractivity contribution >= 4 is 5.82 Å². The molecular weight excluding hydrogens is 366 g/mol. The number of anilines is 1. The largest absolute Gasteiger partial charge is 0.344 e. The van der Waals surface area contributed by atoms with Crippen LogP contribution in [0.1, 0.15) is 55.1 Å². The summed E-state index contributed by atoms with van der Waals surface area (Å²) in [7, 11) is 0. The lowest BCUT2D eigenvalue weighted by atomic mass is 9.94. The molecule has 2 aliphatic heterocycles. The second kappa shape index (κ2) is 7.87. The lowest BCUT2D eigenvalue weighted by Crippen LogP contribution is -2.28. The molecule has 0 saturated carbocycles. The number of rotatable bonds is 4. The molecule has 2 saturated heterocycles. The van der Waals surface area contributed by atoms with Gasteiger partial charge in [-0.05, 0) is 57.8 Å². The molecule has 2 fully saturated rings. The van der Waals surface area contributed by atoms with Crippen LogP contribution in [0.5, 0.6) is 0 Å². The van der Waals surface area contributed by atoms with Crippen molar-refractivity contribution < 1.29 is 4.52 Å². The number of nitrogens with zero attached hydrogens (tertiary/aromatic N) is 6. The summed E-state index contributed by atoms with van der Waals surface area (Å²) in [4.78, 5) is 20.5. The highest BCUT2D eigenvalue weighted by molar-refractivity contribution is 5.53. The smallest absolute Gasteiger partial charge is 0.249 e. The topological polar surface area (TPSA) is 92.9 Å². The Labute approximate surface area is 169 Å². The molecular formula is C21H25N7O. The molecule has 0 spiro atoms. The van der Waals surface area contributed by atoms with Crippen LogP contribution < -0.4 is 10.2 Å². The van der Waals surface area contributed by atoms with Crippen LogP contribution in [-0.2, 0) is 0 Å². The van der Waals surface area contributed by atoms with Gasteiger partial charge in [0.1, 0.15) is 17.7 Å². The van der Waals surface area contributed by atoms with Crippen LogP contribution >= 0.6 is 0 Å². The predicted molar refractivity (Wildman–Crippen MR) is 108 cm³/mol. The SMILES string of the molecule is Cc1nc(C2CCNCC2)cc(N2CCC[C@H]2c2nc(-c3ccncc3)no2)n1. The van der Waals surface area contributed by atoms with E-state index in [0.717, 1.165) is 68.2 Å². The summed E-state index contributed by atoms with van der Waals surface area (Å²) in [5, 5.41) is 7.62. The standard InChI is InChI=1S/C21H25N7O/c1-14-24-17(15-4-8-22-9-5-15)13-19(25-14)28-12-2-3-18(28)21-26-20(27-29-21)16-6-10-23-11-7-16/h6-7,10-11,13,15,18,22H,2-5,8-9,12H2,1H3/t18-/m0/s1. The molecule has 29 heavy (non-hydrogen) atoms. The molecule has 0 amide bonds. The summed E-state index contributed by atoms with van der Waals surface area (Å²) < 4.78 is 5.66. The molecule has 3 aromatic heterocycles. The highest BCUT2D eigenvalue weighted by atomic mass is 16.5. The quantitative estimate of drug-likeness (QED) is 0.725. The van der Waals surface area contributed by atoms with E-state index in [4.69, 9.17) is 14.5 Å². The van der Waals surface area contributed by atoms with E-state index in [1.54, 1.807) is 12.4 Å². The molecule has 0 aromatic carbocycles. The second-order valence-corrected chi connectivity index (χ2v) is 7.77. The summed E-state index contributed by atoms with van der Waals surface area (Å²) in [6.07, 6.45) is 7.77.